The third-order valence-electron chi connectivity index (χ3n) is 4.46. The number of anilines is 1. The number of rotatable bonds is 5. The molecule has 1 aromatic heterocycles. The Morgan fingerprint density at radius 3 is 2.57 bits per heavy atom. The van der Waals surface area contributed by atoms with Crippen LogP contribution in [0.5, 0.6) is 0 Å². The number of morpholine rings is 1. The Bertz CT molecular complexity index is 787. The number of thiophene rings is 1. The molecule has 0 amide bonds. The van der Waals surface area contributed by atoms with Gasteiger partial charge in [-0.1, -0.05) is 12.1 Å². The Labute approximate surface area is 166 Å². The second-order valence-electron chi connectivity index (χ2n) is 6.30. The lowest BCUT2D eigenvalue weighted by molar-refractivity contribution is -0.138. The molecule has 0 atom stereocenters. The predicted molar refractivity (Wildman–Crippen MR) is 106 cm³/mol. The van der Waals surface area contributed by atoms with Gasteiger partial charge in [-0.2, -0.15) is 13.2 Å². The van der Waals surface area contributed by atoms with E-state index in [4.69, 9.17) is 4.74 Å². The summed E-state index contributed by atoms with van der Waals surface area (Å²) in [4.78, 5) is 7.11. The number of nitrogens with one attached hydrogen (secondary N) is 2. The van der Waals surface area contributed by atoms with Crippen LogP contribution < -0.4 is 15.5 Å². The SMILES string of the molecule is CN=C(NCc1cccs1)NCc1ccc(N2CCOCC2)cc1C(F)(F)F. The monoisotopic (exact) mass is 412 g/mol. The molecule has 0 spiro atoms. The van der Waals surface area contributed by atoms with Crippen molar-refractivity contribution in [1.29, 1.82) is 0 Å². The Morgan fingerprint density at radius 2 is 1.93 bits per heavy atom. The van der Waals surface area contributed by atoms with Crippen LogP contribution in [-0.4, -0.2) is 39.3 Å². The van der Waals surface area contributed by atoms with Gasteiger partial charge in [0.1, 0.15) is 0 Å². The molecule has 0 unspecified atom stereocenters. The van der Waals surface area contributed by atoms with Gasteiger partial charge in [0.25, 0.3) is 0 Å². The summed E-state index contributed by atoms with van der Waals surface area (Å²) in [7, 11) is 1.59. The van der Waals surface area contributed by atoms with Gasteiger partial charge in [-0.05, 0) is 29.1 Å². The third-order valence-corrected chi connectivity index (χ3v) is 5.33. The number of ether oxygens (including phenoxy) is 1. The van der Waals surface area contributed by atoms with E-state index in [-0.39, 0.29) is 12.1 Å². The van der Waals surface area contributed by atoms with Crippen LogP contribution in [0.1, 0.15) is 16.0 Å². The van der Waals surface area contributed by atoms with Crippen molar-refractivity contribution in [1.82, 2.24) is 10.6 Å². The number of halogens is 3. The zero-order valence-corrected chi connectivity index (χ0v) is 16.4. The van der Waals surface area contributed by atoms with Gasteiger partial charge < -0.3 is 20.3 Å². The number of benzene rings is 1. The van der Waals surface area contributed by atoms with Crippen LogP contribution in [0.4, 0.5) is 18.9 Å². The van der Waals surface area contributed by atoms with Gasteiger partial charge in [-0.25, -0.2) is 0 Å². The number of alkyl halides is 3. The highest BCUT2D eigenvalue weighted by Gasteiger charge is 2.34. The largest absolute Gasteiger partial charge is 0.416 e. The summed E-state index contributed by atoms with van der Waals surface area (Å²) < 4.78 is 46.1. The van der Waals surface area contributed by atoms with Gasteiger partial charge in [-0.3, -0.25) is 4.99 Å². The minimum Gasteiger partial charge on any atom is -0.378 e. The first-order valence-electron chi connectivity index (χ1n) is 8.97. The fraction of sp³-hybridized carbons (Fsp3) is 0.421. The van der Waals surface area contributed by atoms with E-state index in [0.29, 0.717) is 44.5 Å². The lowest BCUT2D eigenvalue weighted by atomic mass is 10.0. The standard InChI is InChI=1S/C19H23F3N4OS/c1-23-18(25-13-16-3-2-10-28-16)24-12-14-4-5-15(11-17(14)19(20,21)22)26-6-8-27-9-7-26/h2-5,10-11H,6-9,12-13H2,1H3,(H2,23,24,25). The lowest BCUT2D eigenvalue weighted by Crippen LogP contribution is -2.37. The summed E-state index contributed by atoms with van der Waals surface area (Å²) in [5, 5.41) is 8.05. The van der Waals surface area contributed by atoms with Gasteiger partial charge >= 0.3 is 6.18 Å². The summed E-state index contributed by atoms with van der Waals surface area (Å²) >= 11 is 1.60. The van der Waals surface area contributed by atoms with E-state index in [1.807, 2.05) is 22.4 Å². The summed E-state index contributed by atoms with van der Waals surface area (Å²) in [6.07, 6.45) is -4.42. The highest BCUT2D eigenvalue weighted by molar-refractivity contribution is 7.09. The number of hydrogen-bond acceptors (Lipinski definition) is 4. The molecule has 0 radical (unpaired) electrons. The zero-order chi connectivity index (χ0) is 20.0. The molecule has 1 aliphatic rings. The maximum absolute atomic E-state index is 13.6. The molecule has 5 nitrogen and oxygen atoms in total. The smallest absolute Gasteiger partial charge is 0.378 e. The molecule has 1 fully saturated rings. The Hall–Kier alpha value is -2.26. The average Bonchev–Trinajstić information content (AvgIpc) is 3.22. The fourth-order valence-electron chi connectivity index (χ4n) is 2.98. The molecule has 28 heavy (non-hydrogen) atoms. The van der Waals surface area contributed by atoms with E-state index in [9.17, 15) is 13.2 Å². The second-order valence-corrected chi connectivity index (χ2v) is 7.33. The van der Waals surface area contributed by atoms with Crippen molar-refractivity contribution in [2.24, 2.45) is 4.99 Å². The second kappa shape index (κ2) is 9.29. The van der Waals surface area contributed by atoms with Crippen LogP contribution in [0.2, 0.25) is 0 Å². The minimum absolute atomic E-state index is 0.0301. The molecular formula is C19H23F3N4OS. The van der Waals surface area contributed by atoms with Gasteiger partial charge in [0, 0.05) is 37.2 Å². The van der Waals surface area contributed by atoms with Crippen LogP contribution in [0.15, 0.2) is 40.7 Å². The van der Waals surface area contributed by atoms with Crippen molar-refractivity contribution >= 4 is 23.0 Å². The van der Waals surface area contributed by atoms with Crippen molar-refractivity contribution in [3.05, 3.63) is 51.7 Å². The van der Waals surface area contributed by atoms with Gasteiger partial charge in [-0.15, -0.1) is 11.3 Å². The van der Waals surface area contributed by atoms with E-state index in [2.05, 4.69) is 15.6 Å². The maximum Gasteiger partial charge on any atom is 0.416 e. The quantitative estimate of drug-likeness (QED) is 0.583. The van der Waals surface area contributed by atoms with Gasteiger partial charge in [0.05, 0.1) is 25.3 Å². The predicted octanol–water partition coefficient (Wildman–Crippen LogP) is 3.47. The molecule has 0 saturated carbocycles. The lowest BCUT2D eigenvalue weighted by Gasteiger charge is -2.29. The van der Waals surface area contributed by atoms with E-state index < -0.39 is 11.7 Å². The van der Waals surface area contributed by atoms with Crippen molar-refractivity contribution in [2.45, 2.75) is 19.3 Å². The van der Waals surface area contributed by atoms with Crippen molar-refractivity contribution in [2.75, 3.05) is 38.3 Å². The summed E-state index contributed by atoms with van der Waals surface area (Å²) in [5.41, 5.74) is 0.126. The Balaban J connectivity index is 1.69. The first kappa shape index (κ1) is 20.5. The molecule has 1 aromatic carbocycles. The fourth-order valence-corrected chi connectivity index (χ4v) is 3.63. The molecule has 0 aliphatic carbocycles. The normalized spacial score (nSPS) is 15.6. The molecule has 9 heteroatoms. The molecular weight excluding hydrogens is 389 g/mol. The summed E-state index contributed by atoms with van der Waals surface area (Å²) in [6.45, 7) is 2.83. The van der Waals surface area contributed by atoms with Gasteiger partial charge in [0.15, 0.2) is 5.96 Å². The molecule has 1 saturated heterocycles. The van der Waals surface area contributed by atoms with Crippen molar-refractivity contribution in [3.63, 3.8) is 0 Å². The minimum atomic E-state index is -4.42. The first-order chi connectivity index (χ1) is 13.5. The maximum atomic E-state index is 13.6. The summed E-state index contributed by atoms with van der Waals surface area (Å²) in [5.74, 6) is 0.457. The number of guanidine groups is 1. The van der Waals surface area contributed by atoms with Crippen LogP contribution >= 0.6 is 11.3 Å². The average molecular weight is 412 g/mol. The highest BCUT2D eigenvalue weighted by atomic mass is 32.1. The zero-order valence-electron chi connectivity index (χ0n) is 15.6. The van der Waals surface area contributed by atoms with Crippen molar-refractivity contribution in [3.8, 4) is 0 Å². The molecule has 1 aliphatic heterocycles. The van der Waals surface area contributed by atoms with E-state index in [1.165, 1.54) is 12.1 Å². The van der Waals surface area contributed by atoms with Crippen LogP contribution in [0.25, 0.3) is 0 Å². The first-order valence-corrected chi connectivity index (χ1v) is 9.85. The molecule has 152 valence electrons. The molecule has 3 rings (SSSR count). The van der Waals surface area contributed by atoms with E-state index in [0.717, 1.165) is 4.88 Å². The van der Waals surface area contributed by atoms with Crippen LogP contribution in [-0.2, 0) is 24.0 Å². The number of nitrogens with zero attached hydrogens (tertiary/aromatic N) is 2. The molecule has 2 aromatic rings. The van der Waals surface area contributed by atoms with E-state index in [1.54, 1.807) is 24.5 Å². The van der Waals surface area contributed by atoms with Crippen molar-refractivity contribution < 1.29 is 17.9 Å². The van der Waals surface area contributed by atoms with E-state index >= 15 is 0 Å². The Kier molecular flexibility index (Phi) is 6.79. The molecule has 2 N–H and O–H groups in total. The van der Waals surface area contributed by atoms with Crippen LogP contribution in [0, 0.1) is 0 Å². The van der Waals surface area contributed by atoms with Crippen LogP contribution in [0.3, 0.4) is 0 Å². The number of hydrogen-bond donors (Lipinski definition) is 2. The topological polar surface area (TPSA) is 48.9 Å². The number of aliphatic imine (C=N–C) groups is 1. The molecule has 2 heterocycles. The van der Waals surface area contributed by atoms with Gasteiger partial charge in [0.2, 0.25) is 0 Å². The Morgan fingerprint density at radius 1 is 1.18 bits per heavy atom. The highest BCUT2D eigenvalue weighted by Crippen LogP contribution is 2.35. The third kappa shape index (κ3) is 5.39. The molecule has 0 bridgehead atoms. The summed E-state index contributed by atoms with van der Waals surface area (Å²) in [6, 6.07) is 8.43.